The number of amides is 1. The van der Waals surface area contributed by atoms with Gasteiger partial charge in [-0.1, -0.05) is 29.8 Å². The zero-order valence-electron chi connectivity index (χ0n) is 15.0. The van der Waals surface area contributed by atoms with Crippen molar-refractivity contribution >= 4 is 27.3 Å². The molecule has 2 saturated heterocycles. The maximum absolute atomic E-state index is 12.1. The van der Waals surface area contributed by atoms with Crippen LogP contribution in [0.15, 0.2) is 24.3 Å². The maximum atomic E-state index is 12.1. The Labute approximate surface area is 161 Å². The number of nitrogens with zero attached hydrogens (tertiary/aromatic N) is 1. The molecule has 1 amide bonds. The van der Waals surface area contributed by atoms with E-state index in [0.717, 1.165) is 43.1 Å². The fraction of sp³-hybridized carbons (Fsp3) is 0.632. The standard InChI is InChI=1S/C19H27ClN2O3S/c20-18-4-2-1-3-17(18)13-22-8-5-15(6-9-22)12-21-19(23)11-16-7-10-26(24,25)14-16/h1-4,15-16H,5-14H2,(H,21,23). The summed E-state index contributed by atoms with van der Waals surface area (Å²) in [6.07, 6.45) is 3.08. The lowest BCUT2D eigenvalue weighted by molar-refractivity contribution is -0.122. The number of nitrogens with one attached hydrogen (secondary N) is 1. The molecule has 5 nitrogen and oxygen atoms in total. The number of hydrogen-bond donors (Lipinski definition) is 1. The first kappa shape index (κ1) is 19.6. The van der Waals surface area contributed by atoms with Crippen molar-refractivity contribution in [3.05, 3.63) is 34.9 Å². The second-order valence-electron chi connectivity index (χ2n) is 7.59. The highest BCUT2D eigenvalue weighted by atomic mass is 35.5. The third-order valence-electron chi connectivity index (χ3n) is 5.45. The predicted molar refractivity (Wildman–Crippen MR) is 104 cm³/mol. The lowest BCUT2D eigenvalue weighted by atomic mass is 9.96. The van der Waals surface area contributed by atoms with E-state index in [2.05, 4.69) is 16.3 Å². The van der Waals surface area contributed by atoms with E-state index in [9.17, 15) is 13.2 Å². The van der Waals surface area contributed by atoms with Crippen molar-refractivity contribution in [3.63, 3.8) is 0 Å². The number of halogens is 1. The monoisotopic (exact) mass is 398 g/mol. The van der Waals surface area contributed by atoms with Crippen LogP contribution in [0.25, 0.3) is 0 Å². The summed E-state index contributed by atoms with van der Waals surface area (Å²) >= 11 is 6.23. The lowest BCUT2D eigenvalue weighted by Gasteiger charge is -2.32. The second kappa shape index (κ2) is 8.72. The number of rotatable bonds is 6. The highest BCUT2D eigenvalue weighted by Gasteiger charge is 2.29. The molecule has 0 saturated carbocycles. The summed E-state index contributed by atoms with van der Waals surface area (Å²) in [4.78, 5) is 14.5. The van der Waals surface area contributed by atoms with Gasteiger partial charge >= 0.3 is 0 Å². The van der Waals surface area contributed by atoms with Gasteiger partial charge in [-0.2, -0.15) is 0 Å². The van der Waals surface area contributed by atoms with E-state index in [4.69, 9.17) is 11.6 Å². The van der Waals surface area contributed by atoms with Crippen LogP contribution in [-0.4, -0.2) is 50.4 Å². The van der Waals surface area contributed by atoms with Gasteiger partial charge in [0.1, 0.15) is 0 Å². The molecule has 1 aromatic carbocycles. The summed E-state index contributed by atoms with van der Waals surface area (Å²) in [6, 6.07) is 7.95. The van der Waals surface area contributed by atoms with Crippen molar-refractivity contribution < 1.29 is 13.2 Å². The van der Waals surface area contributed by atoms with Crippen molar-refractivity contribution in [2.24, 2.45) is 11.8 Å². The van der Waals surface area contributed by atoms with Gasteiger partial charge in [-0.15, -0.1) is 0 Å². The van der Waals surface area contributed by atoms with E-state index in [-0.39, 0.29) is 23.3 Å². The molecule has 1 aromatic rings. The smallest absolute Gasteiger partial charge is 0.220 e. The number of piperidine rings is 1. The van der Waals surface area contributed by atoms with E-state index in [1.165, 1.54) is 0 Å². The molecule has 2 fully saturated rings. The largest absolute Gasteiger partial charge is 0.356 e. The lowest BCUT2D eigenvalue weighted by Crippen LogP contribution is -2.38. The molecule has 26 heavy (non-hydrogen) atoms. The molecule has 144 valence electrons. The summed E-state index contributed by atoms with van der Waals surface area (Å²) < 4.78 is 22.9. The first-order chi connectivity index (χ1) is 12.4. The van der Waals surface area contributed by atoms with Crippen molar-refractivity contribution in [2.75, 3.05) is 31.1 Å². The first-order valence-electron chi connectivity index (χ1n) is 9.34. The number of carbonyl (C=O) groups excluding carboxylic acids is 1. The second-order valence-corrected chi connectivity index (χ2v) is 10.2. The van der Waals surface area contributed by atoms with Gasteiger partial charge in [-0.25, -0.2) is 8.42 Å². The van der Waals surface area contributed by atoms with Crippen molar-refractivity contribution in [3.8, 4) is 0 Å². The molecule has 0 aliphatic carbocycles. The average Bonchev–Trinajstić information content (AvgIpc) is 2.95. The Morgan fingerprint density at radius 3 is 2.54 bits per heavy atom. The molecular weight excluding hydrogens is 372 g/mol. The topological polar surface area (TPSA) is 66.5 Å². The summed E-state index contributed by atoms with van der Waals surface area (Å²) in [5, 5.41) is 3.82. The van der Waals surface area contributed by atoms with Gasteiger partial charge in [-0.05, 0) is 55.8 Å². The zero-order chi connectivity index (χ0) is 18.6. The van der Waals surface area contributed by atoms with Gasteiger partial charge in [0, 0.05) is 24.5 Å². The average molecular weight is 399 g/mol. The first-order valence-corrected chi connectivity index (χ1v) is 11.5. The van der Waals surface area contributed by atoms with Crippen LogP contribution in [0.2, 0.25) is 5.02 Å². The summed E-state index contributed by atoms with van der Waals surface area (Å²) in [6.45, 7) is 3.58. The highest BCUT2D eigenvalue weighted by molar-refractivity contribution is 7.91. The SMILES string of the molecule is O=C(CC1CCS(=O)(=O)C1)NCC1CCN(Cc2ccccc2Cl)CC1. The van der Waals surface area contributed by atoms with Gasteiger partial charge in [0.25, 0.3) is 0 Å². The van der Waals surface area contributed by atoms with Crippen LogP contribution in [0.3, 0.4) is 0 Å². The van der Waals surface area contributed by atoms with Crippen LogP contribution >= 0.6 is 11.6 Å². The van der Waals surface area contributed by atoms with Gasteiger partial charge in [0.2, 0.25) is 5.91 Å². The fourth-order valence-electron chi connectivity index (χ4n) is 3.84. The molecule has 2 aliphatic heterocycles. The maximum Gasteiger partial charge on any atom is 0.220 e. The van der Waals surface area contributed by atoms with E-state index < -0.39 is 9.84 Å². The minimum atomic E-state index is -2.91. The number of hydrogen-bond acceptors (Lipinski definition) is 4. The summed E-state index contributed by atoms with van der Waals surface area (Å²) in [5.41, 5.74) is 1.16. The van der Waals surface area contributed by atoms with Crippen LogP contribution in [0.5, 0.6) is 0 Å². The Morgan fingerprint density at radius 2 is 1.88 bits per heavy atom. The van der Waals surface area contributed by atoms with Crippen molar-refractivity contribution in [1.82, 2.24) is 10.2 Å². The molecule has 0 aromatic heterocycles. The molecule has 0 radical (unpaired) electrons. The Hall–Kier alpha value is -1.11. The molecule has 0 bridgehead atoms. The van der Waals surface area contributed by atoms with Crippen molar-refractivity contribution in [1.29, 1.82) is 0 Å². The fourth-order valence-corrected chi connectivity index (χ4v) is 5.90. The van der Waals surface area contributed by atoms with Gasteiger partial charge in [0.15, 0.2) is 9.84 Å². The van der Waals surface area contributed by atoms with E-state index in [1.807, 2.05) is 18.2 Å². The van der Waals surface area contributed by atoms with Crippen LogP contribution in [0.1, 0.15) is 31.2 Å². The Bertz CT molecular complexity index is 730. The molecule has 1 atom stereocenters. The molecule has 0 spiro atoms. The third-order valence-corrected chi connectivity index (χ3v) is 7.65. The van der Waals surface area contributed by atoms with Gasteiger partial charge in [-0.3, -0.25) is 9.69 Å². The number of carbonyl (C=O) groups is 1. The molecule has 7 heteroatoms. The summed E-state index contributed by atoms with van der Waals surface area (Å²) in [5.74, 6) is 0.882. The van der Waals surface area contributed by atoms with Crippen LogP contribution in [-0.2, 0) is 21.2 Å². The molecule has 3 rings (SSSR count). The predicted octanol–water partition coefficient (Wildman–Crippen LogP) is 2.49. The minimum Gasteiger partial charge on any atom is -0.356 e. The number of benzene rings is 1. The molecule has 1 unspecified atom stereocenters. The number of sulfone groups is 1. The third kappa shape index (κ3) is 5.69. The van der Waals surface area contributed by atoms with Crippen LogP contribution in [0.4, 0.5) is 0 Å². The van der Waals surface area contributed by atoms with E-state index >= 15 is 0 Å². The zero-order valence-corrected chi connectivity index (χ0v) is 16.6. The Morgan fingerprint density at radius 1 is 1.15 bits per heavy atom. The molecular formula is C19H27ClN2O3S. The number of likely N-dealkylation sites (tertiary alicyclic amines) is 1. The molecule has 2 aliphatic rings. The van der Waals surface area contributed by atoms with Crippen molar-refractivity contribution in [2.45, 2.75) is 32.2 Å². The Kier molecular flexibility index (Phi) is 6.59. The van der Waals surface area contributed by atoms with Crippen LogP contribution in [0, 0.1) is 11.8 Å². The summed E-state index contributed by atoms with van der Waals surface area (Å²) in [7, 11) is -2.91. The van der Waals surface area contributed by atoms with Gasteiger partial charge < -0.3 is 5.32 Å². The van der Waals surface area contributed by atoms with Gasteiger partial charge in [0.05, 0.1) is 11.5 Å². The molecule has 1 N–H and O–H groups in total. The minimum absolute atomic E-state index is 0.00234. The normalized spacial score (nSPS) is 23.8. The quantitative estimate of drug-likeness (QED) is 0.799. The van der Waals surface area contributed by atoms with E-state index in [0.29, 0.717) is 25.3 Å². The highest BCUT2D eigenvalue weighted by Crippen LogP contribution is 2.23. The van der Waals surface area contributed by atoms with Crippen LogP contribution < -0.4 is 5.32 Å². The van der Waals surface area contributed by atoms with E-state index in [1.54, 1.807) is 0 Å². The Balaban J connectivity index is 1.35. The molecule has 2 heterocycles.